The Balaban J connectivity index is 1.29. The molecule has 35 heavy (non-hydrogen) atoms. The second-order valence-corrected chi connectivity index (χ2v) is 8.42. The standard InChI is InChI=1S/C30H24N2O3/c33-29(31-27(30(34)35)20-21-6-2-1-3-7-21)25-12-10-22(11-13-25)23-14-16-26(17-15-23)32-19-18-24-8-4-5-9-28(24)32/h1-19,27H,20H2,(H,31,33)(H,34,35)/t27-/m0/s1. The molecule has 4 aromatic carbocycles. The monoisotopic (exact) mass is 460 g/mol. The van der Waals surface area contributed by atoms with Gasteiger partial charge in [0.1, 0.15) is 6.04 Å². The number of hydrogen-bond acceptors (Lipinski definition) is 2. The Labute approximate surface area is 203 Å². The minimum Gasteiger partial charge on any atom is -0.480 e. The zero-order chi connectivity index (χ0) is 24.2. The first-order valence-electron chi connectivity index (χ1n) is 11.4. The van der Waals surface area contributed by atoms with Crippen LogP contribution < -0.4 is 5.32 Å². The average Bonchev–Trinajstić information content (AvgIpc) is 3.33. The number of carboxylic acid groups (broad SMARTS) is 1. The van der Waals surface area contributed by atoms with Crippen molar-refractivity contribution >= 4 is 22.8 Å². The van der Waals surface area contributed by atoms with E-state index in [9.17, 15) is 14.7 Å². The predicted octanol–water partition coefficient (Wildman–Crippen LogP) is 5.72. The summed E-state index contributed by atoms with van der Waals surface area (Å²) in [6.07, 6.45) is 2.29. The van der Waals surface area contributed by atoms with Gasteiger partial charge < -0.3 is 15.0 Å². The van der Waals surface area contributed by atoms with E-state index < -0.39 is 17.9 Å². The molecule has 0 saturated carbocycles. The summed E-state index contributed by atoms with van der Waals surface area (Å²) >= 11 is 0. The van der Waals surface area contributed by atoms with Crippen LogP contribution in [0.2, 0.25) is 0 Å². The molecule has 1 amide bonds. The van der Waals surface area contributed by atoms with Crippen molar-refractivity contribution in [3.05, 3.63) is 127 Å². The molecule has 0 aliphatic carbocycles. The Morgan fingerprint density at radius 1 is 0.743 bits per heavy atom. The number of fused-ring (bicyclic) bond motifs is 1. The maximum Gasteiger partial charge on any atom is 0.326 e. The summed E-state index contributed by atoms with van der Waals surface area (Å²) in [5.41, 5.74) is 5.51. The van der Waals surface area contributed by atoms with Gasteiger partial charge in [-0.25, -0.2) is 4.79 Å². The Bertz CT molecular complexity index is 1470. The summed E-state index contributed by atoms with van der Waals surface area (Å²) < 4.78 is 2.15. The number of nitrogens with one attached hydrogen (secondary N) is 1. The second-order valence-electron chi connectivity index (χ2n) is 8.42. The first-order valence-corrected chi connectivity index (χ1v) is 11.4. The van der Waals surface area contributed by atoms with Gasteiger partial charge in [0.2, 0.25) is 0 Å². The molecule has 0 spiro atoms. The first-order chi connectivity index (χ1) is 17.1. The minimum atomic E-state index is -1.06. The molecule has 0 aliphatic heterocycles. The highest BCUT2D eigenvalue weighted by Crippen LogP contribution is 2.24. The van der Waals surface area contributed by atoms with Crippen LogP contribution in [0.15, 0.2) is 115 Å². The van der Waals surface area contributed by atoms with E-state index >= 15 is 0 Å². The van der Waals surface area contributed by atoms with Crippen molar-refractivity contribution in [2.45, 2.75) is 12.5 Å². The number of benzene rings is 4. The van der Waals surface area contributed by atoms with E-state index in [0.29, 0.717) is 5.56 Å². The van der Waals surface area contributed by atoms with Crippen LogP contribution in [0, 0.1) is 0 Å². The number of aromatic nitrogens is 1. The molecule has 0 unspecified atom stereocenters. The molecule has 0 saturated heterocycles. The van der Waals surface area contributed by atoms with E-state index in [-0.39, 0.29) is 6.42 Å². The molecule has 0 radical (unpaired) electrons. The third-order valence-corrected chi connectivity index (χ3v) is 6.11. The zero-order valence-electron chi connectivity index (χ0n) is 19.0. The van der Waals surface area contributed by atoms with Gasteiger partial charge in [0.05, 0.1) is 5.52 Å². The van der Waals surface area contributed by atoms with Gasteiger partial charge in [0.15, 0.2) is 0 Å². The van der Waals surface area contributed by atoms with Crippen LogP contribution in [0.25, 0.3) is 27.7 Å². The summed E-state index contributed by atoms with van der Waals surface area (Å²) in [4.78, 5) is 24.4. The Kier molecular flexibility index (Phi) is 6.14. The first kappa shape index (κ1) is 22.2. The molecule has 5 heteroatoms. The highest BCUT2D eigenvalue weighted by Gasteiger charge is 2.21. The Hall–Kier alpha value is -4.64. The molecular formula is C30H24N2O3. The second kappa shape index (κ2) is 9.69. The van der Waals surface area contributed by atoms with Gasteiger partial charge >= 0.3 is 5.97 Å². The average molecular weight is 461 g/mol. The van der Waals surface area contributed by atoms with Gasteiger partial charge in [0.25, 0.3) is 5.91 Å². The minimum absolute atomic E-state index is 0.225. The van der Waals surface area contributed by atoms with E-state index in [1.165, 1.54) is 5.39 Å². The molecule has 5 rings (SSSR count). The van der Waals surface area contributed by atoms with Crippen molar-refractivity contribution in [3.8, 4) is 16.8 Å². The maximum absolute atomic E-state index is 12.7. The van der Waals surface area contributed by atoms with E-state index in [1.807, 2.05) is 54.6 Å². The van der Waals surface area contributed by atoms with Crippen LogP contribution >= 0.6 is 0 Å². The molecule has 1 heterocycles. The number of hydrogen-bond donors (Lipinski definition) is 2. The number of carboxylic acids is 1. The van der Waals surface area contributed by atoms with Crippen LogP contribution in [-0.2, 0) is 11.2 Å². The third-order valence-electron chi connectivity index (χ3n) is 6.11. The molecule has 1 aromatic heterocycles. The normalized spacial score (nSPS) is 11.8. The Morgan fingerprint density at radius 2 is 1.37 bits per heavy atom. The molecule has 0 fully saturated rings. The molecule has 172 valence electrons. The number of amides is 1. The summed E-state index contributed by atoms with van der Waals surface area (Å²) in [6.45, 7) is 0. The van der Waals surface area contributed by atoms with Crippen molar-refractivity contribution in [1.29, 1.82) is 0 Å². The van der Waals surface area contributed by atoms with Crippen LogP contribution in [0.3, 0.4) is 0 Å². The van der Waals surface area contributed by atoms with Gasteiger partial charge in [-0.3, -0.25) is 4.79 Å². The van der Waals surface area contributed by atoms with Gasteiger partial charge in [-0.15, -0.1) is 0 Å². The van der Waals surface area contributed by atoms with Crippen molar-refractivity contribution in [3.63, 3.8) is 0 Å². The van der Waals surface area contributed by atoms with Crippen LogP contribution in [0.5, 0.6) is 0 Å². The summed E-state index contributed by atoms with van der Waals surface area (Å²) in [7, 11) is 0. The molecule has 0 aliphatic rings. The molecule has 5 nitrogen and oxygen atoms in total. The largest absolute Gasteiger partial charge is 0.480 e. The summed E-state index contributed by atoms with van der Waals surface area (Å²) in [5, 5.41) is 13.4. The number of nitrogens with zero attached hydrogens (tertiary/aromatic N) is 1. The number of aliphatic carboxylic acids is 1. The van der Waals surface area contributed by atoms with Gasteiger partial charge in [-0.2, -0.15) is 0 Å². The molecule has 1 atom stereocenters. The lowest BCUT2D eigenvalue weighted by molar-refractivity contribution is -0.139. The van der Waals surface area contributed by atoms with E-state index in [4.69, 9.17) is 0 Å². The fraction of sp³-hybridized carbons (Fsp3) is 0.0667. The number of para-hydroxylation sites is 1. The third kappa shape index (κ3) is 4.84. The van der Waals surface area contributed by atoms with Crippen molar-refractivity contribution in [2.24, 2.45) is 0 Å². The fourth-order valence-corrected chi connectivity index (χ4v) is 4.23. The van der Waals surface area contributed by atoms with Gasteiger partial charge in [-0.1, -0.05) is 72.8 Å². The number of rotatable bonds is 7. The summed E-state index contributed by atoms with van der Waals surface area (Å²) in [6, 6.07) is 34.1. The fourth-order valence-electron chi connectivity index (χ4n) is 4.23. The number of carbonyl (C=O) groups excluding carboxylic acids is 1. The SMILES string of the molecule is O=C(N[C@@H](Cc1ccccc1)C(=O)O)c1ccc(-c2ccc(-n3ccc4ccccc43)cc2)cc1. The van der Waals surface area contributed by atoms with Gasteiger partial charge in [0, 0.05) is 23.9 Å². The lowest BCUT2D eigenvalue weighted by atomic mass is 10.0. The molecule has 2 N–H and O–H groups in total. The van der Waals surface area contributed by atoms with Crippen LogP contribution in [0.1, 0.15) is 15.9 Å². The molecule has 5 aromatic rings. The zero-order valence-corrected chi connectivity index (χ0v) is 19.0. The topological polar surface area (TPSA) is 71.3 Å². The van der Waals surface area contributed by atoms with Crippen molar-refractivity contribution < 1.29 is 14.7 Å². The lowest BCUT2D eigenvalue weighted by Crippen LogP contribution is -2.42. The van der Waals surface area contributed by atoms with Crippen molar-refractivity contribution in [1.82, 2.24) is 9.88 Å². The van der Waals surface area contributed by atoms with Crippen molar-refractivity contribution in [2.75, 3.05) is 0 Å². The van der Waals surface area contributed by atoms with Crippen LogP contribution in [0.4, 0.5) is 0 Å². The highest BCUT2D eigenvalue weighted by molar-refractivity contribution is 5.97. The van der Waals surface area contributed by atoms with Gasteiger partial charge in [-0.05, 0) is 58.5 Å². The quantitative estimate of drug-likeness (QED) is 0.326. The molecule has 0 bridgehead atoms. The Morgan fingerprint density at radius 3 is 2.06 bits per heavy atom. The van der Waals surface area contributed by atoms with E-state index in [0.717, 1.165) is 27.9 Å². The smallest absolute Gasteiger partial charge is 0.326 e. The van der Waals surface area contributed by atoms with E-state index in [1.54, 1.807) is 12.1 Å². The summed E-state index contributed by atoms with van der Waals surface area (Å²) in [5.74, 6) is -1.47. The predicted molar refractivity (Wildman–Crippen MR) is 138 cm³/mol. The molecular weight excluding hydrogens is 436 g/mol. The highest BCUT2D eigenvalue weighted by atomic mass is 16.4. The van der Waals surface area contributed by atoms with Crippen LogP contribution in [-0.4, -0.2) is 27.6 Å². The maximum atomic E-state index is 12.7. The number of carbonyl (C=O) groups is 2. The lowest BCUT2D eigenvalue weighted by Gasteiger charge is -2.15. The van der Waals surface area contributed by atoms with E-state index in [2.05, 4.69) is 58.5 Å².